The number of hydrogen-bond acceptors (Lipinski definition) is 3. The fourth-order valence-corrected chi connectivity index (χ4v) is 2.99. The third-order valence-electron chi connectivity index (χ3n) is 4.60. The largest absolute Gasteiger partial charge is 0.462 e. The molecule has 0 aromatic carbocycles. The second kappa shape index (κ2) is 9.01. The van der Waals surface area contributed by atoms with Crippen LogP contribution in [0.1, 0.15) is 67.2 Å². The molecule has 0 radical (unpaired) electrons. The van der Waals surface area contributed by atoms with Crippen molar-refractivity contribution in [1.29, 1.82) is 0 Å². The van der Waals surface area contributed by atoms with Gasteiger partial charge in [-0.25, -0.2) is 0 Å². The number of aliphatic hydroxyl groups is 1. The molecule has 1 N–H and O–H groups in total. The van der Waals surface area contributed by atoms with E-state index in [1.54, 1.807) is 27.7 Å². The minimum Gasteiger partial charge on any atom is -0.462 e. The van der Waals surface area contributed by atoms with Crippen LogP contribution >= 0.6 is 0 Å². The normalized spacial score (nSPS) is 17.1. The van der Waals surface area contributed by atoms with Crippen LogP contribution in [0.2, 0.25) is 0 Å². The minimum atomic E-state index is -5.95. The fraction of sp³-hybridized carbons (Fsp3) is 0.944. The van der Waals surface area contributed by atoms with Crippen molar-refractivity contribution in [2.24, 2.45) is 17.3 Å². The summed E-state index contributed by atoms with van der Waals surface area (Å²) in [6.07, 6.45) is -14.9. The first kappa shape index (κ1) is 26.0. The van der Waals surface area contributed by atoms with Crippen molar-refractivity contribution in [2.45, 2.75) is 91.3 Å². The van der Waals surface area contributed by atoms with Gasteiger partial charge in [-0.1, -0.05) is 34.6 Å². The molecule has 0 aliphatic heterocycles. The predicted octanol–water partition coefficient (Wildman–Crippen LogP) is 5.65. The summed E-state index contributed by atoms with van der Waals surface area (Å²) in [5.41, 5.74) is -5.97. The van der Waals surface area contributed by atoms with Crippen LogP contribution in [0.4, 0.5) is 26.3 Å². The minimum absolute atomic E-state index is 0.0772. The lowest BCUT2D eigenvalue weighted by molar-refractivity contribution is -0.374. The summed E-state index contributed by atoms with van der Waals surface area (Å²) in [4.78, 5) is 12.5. The van der Waals surface area contributed by atoms with Crippen LogP contribution in [0.3, 0.4) is 0 Å². The van der Waals surface area contributed by atoms with Crippen LogP contribution in [0.25, 0.3) is 0 Å². The van der Waals surface area contributed by atoms with Crippen molar-refractivity contribution in [2.75, 3.05) is 0 Å². The molecule has 0 spiro atoms. The molecule has 0 amide bonds. The monoisotopic (exact) mass is 408 g/mol. The zero-order chi connectivity index (χ0) is 21.8. The van der Waals surface area contributed by atoms with E-state index in [-0.39, 0.29) is 18.3 Å². The van der Waals surface area contributed by atoms with Gasteiger partial charge in [-0.2, -0.15) is 26.3 Å². The Labute approximate surface area is 156 Å². The number of esters is 1. The highest BCUT2D eigenvalue weighted by Gasteiger charge is 2.71. The lowest BCUT2D eigenvalue weighted by Gasteiger charge is -2.37. The molecule has 2 atom stereocenters. The number of halogens is 6. The summed E-state index contributed by atoms with van der Waals surface area (Å²) in [5.74, 6) is -1.11. The van der Waals surface area contributed by atoms with Crippen molar-refractivity contribution in [3.63, 3.8) is 0 Å². The lowest BCUT2D eigenvalue weighted by Crippen LogP contribution is -2.59. The molecule has 9 heteroatoms. The van der Waals surface area contributed by atoms with Crippen molar-refractivity contribution in [1.82, 2.24) is 0 Å². The highest BCUT2D eigenvalue weighted by molar-refractivity contribution is 5.76. The van der Waals surface area contributed by atoms with Gasteiger partial charge in [0.2, 0.25) is 0 Å². The average Bonchev–Trinajstić information content (AvgIpc) is 2.42. The van der Waals surface area contributed by atoms with E-state index in [2.05, 4.69) is 0 Å². The molecule has 2 unspecified atom stereocenters. The van der Waals surface area contributed by atoms with E-state index in [4.69, 9.17) is 4.74 Å². The van der Waals surface area contributed by atoms with E-state index in [0.717, 1.165) is 0 Å². The van der Waals surface area contributed by atoms with Gasteiger partial charge in [-0.15, -0.1) is 0 Å². The Kier molecular flexibility index (Phi) is 8.68. The van der Waals surface area contributed by atoms with Gasteiger partial charge in [0.05, 0.1) is 5.41 Å². The molecule has 27 heavy (non-hydrogen) atoms. The summed E-state index contributed by atoms with van der Waals surface area (Å²) < 4.78 is 83.1. The zero-order valence-electron chi connectivity index (χ0n) is 16.6. The maximum Gasteiger partial charge on any atom is 0.426 e. The van der Waals surface area contributed by atoms with Gasteiger partial charge in [0.1, 0.15) is 6.10 Å². The Balaban J connectivity index is 5.72. The Morgan fingerprint density at radius 1 is 0.926 bits per heavy atom. The molecular formula is C18H30F6O3. The van der Waals surface area contributed by atoms with Crippen molar-refractivity contribution >= 4 is 5.97 Å². The Morgan fingerprint density at radius 2 is 1.37 bits per heavy atom. The fourth-order valence-electron chi connectivity index (χ4n) is 2.99. The molecule has 0 fully saturated rings. The molecule has 0 aliphatic rings. The standard InChI is InChI=1S/C18H30F6O3/c1-7-15(6,9-12(4)5)14(25)27-13(8-11(2)3)10-16(26,17(19,20)21)18(22,23)24/h11-13,26H,7-10H2,1-6H3. The lowest BCUT2D eigenvalue weighted by atomic mass is 9.79. The maximum absolute atomic E-state index is 13.0. The number of carbonyl (C=O) groups is 1. The van der Waals surface area contributed by atoms with Crippen molar-refractivity contribution in [3.05, 3.63) is 0 Å². The average molecular weight is 408 g/mol. The van der Waals surface area contributed by atoms with Crippen molar-refractivity contribution < 1.29 is 41.0 Å². The zero-order valence-corrected chi connectivity index (χ0v) is 16.6. The summed E-state index contributed by atoms with van der Waals surface area (Å²) in [6, 6.07) is 0. The van der Waals surface area contributed by atoms with Crippen molar-refractivity contribution in [3.8, 4) is 0 Å². The summed E-state index contributed by atoms with van der Waals surface area (Å²) in [6.45, 7) is 10.1. The van der Waals surface area contributed by atoms with E-state index in [9.17, 15) is 36.2 Å². The molecular weight excluding hydrogens is 378 g/mol. The van der Waals surface area contributed by atoms with E-state index in [1.807, 2.05) is 13.8 Å². The first-order chi connectivity index (χ1) is 11.9. The second-order valence-corrected chi connectivity index (χ2v) is 8.23. The SMILES string of the molecule is CCC(C)(CC(C)C)C(=O)OC(CC(C)C)CC(O)(C(F)(F)F)C(F)(F)F. The molecule has 0 aromatic heterocycles. The van der Waals surface area contributed by atoms with Crippen LogP contribution in [0.15, 0.2) is 0 Å². The molecule has 0 saturated heterocycles. The maximum atomic E-state index is 13.0. The first-order valence-electron chi connectivity index (χ1n) is 8.96. The highest BCUT2D eigenvalue weighted by Crippen LogP contribution is 2.47. The Hall–Kier alpha value is -0.990. The van der Waals surface area contributed by atoms with Gasteiger partial charge in [-0.05, 0) is 38.0 Å². The number of ether oxygens (including phenoxy) is 1. The molecule has 0 aliphatic carbocycles. The van der Waals surface area contributed by atoms with E-state index in [0.29, 0.717) is 12.8 Å². The van der Waals surface area contributed by atoms with Gasteiger partial charge in [0, 0.05) is 6.42 Å². The molecule has 0 bridgehead atoms. The van der Waals surface area contributed by atoms with Crippen LogP contribution in [-0.4, -0.2) is 35.1 Å². The topological polar surface area (TPSA) is 46.5 Å². The molecule has 0 rings (SSSR count). The van der Waals surface area contributed by atoms with Crippen LogP contribution in [-0.2, 0) is 9.53 Å². The van der Waals surface area contributed by atoms with Crippen LogP contribution < -0.4 is 0 Å². The summed E-state index contributed by atoms with van der Waals surface area (Å²) >= 11 is 0. The van der Waals surface area contributed by atoms with Gasteiger partial charge >= 0.3 is 18.3 Å². The van der Waals surface area contributed by atoms with Crippen LogP contribution in [0, 0.1) is 17.3 Å². The first-order valence-corrected chi connectivity index (χ1v) is 8.96. The predicted molar refractivity (Wildman–Crippen MR) is 88.9 cm³/mol. The van der Waals surface area contributed by atoms with E-state index < -0.39 is 41.9 Å². The molecule has 162 valence electrons. The number of carbonyl (C=O) groups excluding carboxylic acids is 1. The van der Waals surface area contributed by atoms with Crippen LogP contribution in [0.5, 0.6) is 0 Å². The van der Waals surface area contributed by atoms with E-state index >= 15 is 0 Å². The van der Waals surface area contributed by atoms with Gasteiger partial charge in [0.25, 0.3) is 5.60 Å². The number of alkyl halides is 6. The number of rotatable bonds is 9. The number of hydrogen-bond donors (Lipinski definition) is 1. The molecule has 3 nitrogen and oxygen atoms in total. The molecule has 0 saturated carbocycles. The van der Waals surface area contributed by atoms with Gasteiger partial charge in [0.15, 0.2) is 0 Å². The summed E-state index contributed by atoms with van der Waals surface area (Å²) in [5, 5.41) is 9.44. The highest BCUT2D eigenvalue weighted by atomic mass is 19.4. The second-order valence-electron chi connectivity index (χ2n) is 8.23. The quantitative estimate of drug-likeness (QED) is 0.396. The molecule has 0 aromatic rings. The smallest absolute Gasteiger partial charge is 0.426 e. The third kappa shape index (κ3) is 6.84. The third-order valence-corrected chi connectivity index (χ3v) is 4.60. The van der Waals surface area contributed by atoms with Gasteiger partial charge in [-0.3, -0.25) is 4.79 Å². The summed E-state index contributed by atoms with van der Waals surface area (Å²) in [7, 11) is 0. The molecule has 0 heterocycles. The van der Waals surface area contributed by atoms with E-state index in [1.165, 1.54) is 0 Å². The van der Waals surface area contributed by atoms with Gasteiger partial charge < -0.3 is 9.84 Å². The Bertz CT molecular complexity index is 470. The Morgan fingerprint density at radius 3 is 1.67 bits per heavy atom.